The van der Waals surface area contributed by atoms with E-state index in [2.05, 4.69) is 5.32 Å². The maximum absolute atomic E-state index is 12.2. The van der Waals surface area contributed by atoms with Crippen molar-refractivity contribution in [2.45, 2.75) is 12.5 Å². The quantitative estimate of drug-likeness (QED) is 0.888. The molecule has 0 saturated heterocycles. The summed E-state index contributed by atoms with van der Waals surface area (Å²) in [7, 11) is 0. The van der Waals surface area contributed by atoms with Crippen molar-refractivity contribution in [3.05, 3.63) is 70.7 Å². The van der Waals surface area contributed by atoms with E-state index in [1.54, 1.807) is 24.3 Å². The summed E-state index contributed by atoms with van der Waals surface area (Å²) in [5.74, 6) is -1.00. The zero-order valence-corrected chi connectivity index (χ0v) is 12.0. The van der Waals surface area contributed by atoms with Gasteiger partial charge in [0.1, 0.15) is 6.04 Å². The van der Waals surface area contributed by atoms with Crippen LogP contribution in [0.2, 0.25) is 5.02 Å². The van der Waals surface area contributed by atoms with E-state index in [0.29, 0.717) is 17.0 Å². The van der Waals surface area contributed by atoms with Crippen LogP contribution < -0.4 is 11.1 Å². The number of hydrogen-bond acceptors (Lipinski definition) is 2. The van der Waals surface area contributed by atoms with Gasteiger partial charge in [-0.05, 0) is 17.7 Å². The molecule has 0 bridgehead atoms. The molecule has 0 aliphatic carbocycles. The van der Waals surface area contributed by atoms with Gasteiger partial charge in [0, 0.05) is 6.42 Å². The summed E-state index contributed by atoms with van der Waals surface area (Å²) in [6, 6.07) is 15.2. The molecule has 2 amide bonds. The van der Waals surface area contributed by atoms with E-state index in [1.807, 2.05) is 30.3 Å². The van der Waals surface area contributed by atoms with Gasteiger partial charge < -0.3 is 11.1 Å². The normalized spacial score (nSPS) is 11.7. The van der Waals surface area contributed by atoms with E-state index in [-0.39, 0.29) is 0 Å². The zero-order valence-electron chi connectivity index (χ0n) is 11.3. The number of benzene rings is 2. The first-order chi connectivity index (χ1) is 10.1. The molecule has 0 fully saturated rings. The number of nitrogens with two attached hydrogens (primary N) is 1. The van der Waals surface area contributed by atoms with Crippen molar-refractivity contribution < 1.29 is 9.59 Å². The Kier molecular flexibility index (Phi) is 4.95. The molecule has 0 radical (unpaired) electrons. The Morgan fingerprint density at radius 1 is 1.05 bits per heavy atom. The Bertz CT molecular complexity index is 644. The van der Waals surface area contributed by atoms with Crippen LogP contribution in [0, 0.1) is 0 Å². The summed E-state index contributed by atoms with van der Waals surface area (Å²) in [4.78, 5) is 23.7. The molecule has 5 heteroatoms. The lowest BCUT2D eigenvalue weighted by Crippen LogP contribution is -2.45. The molecule has 0 heterocycles. The molecule has 2 rings (SSSR count). The Morgan fingerprint density at radius 2 is 1.67 bits per heavy atom. The van der Waals surface area contributed by atoms with Crippen LogP contribution in [0.25, 0.3) is 0 Å². The van der Waals surface area contributed by atoms with Gasteiger partial charge in [0.2, 0.25) is 5.91 Å². The van der Waals surface area contributed by atoms with Crippen LogP contribution in [0.5, 0.6) is 0 Å². The molecule has 21 heavy (non-hydrogen) atoms. The van der Waals surface area contributed by atoms with Gasteiger partial charge in [-0.15, -0.1) is 0 Å². The van der Waals surface area contributed by atoms with E-state index < -0.39 is 17.9 Å². The molecule has 108 valence electrons. The standard InChI is InChI=1S/C16H15ClN2O2/c17-13-9-5-4-8-12(13)16(21)19-14(15(18)20)10-11-6-2-1-3-7-11/h1-9,14H,10H2,(H2,18,20)(H,19,21)/t14-/m1/s1. The molecule has 0 unspecified atom stereocenters. The number of rotatable bonds is 5. The second kappa shape index (κ2) is 6.90. The van der Waals surface area contributed by atoms with Gasteiger partial charge in [-0.1, -0.05) is 54.1 Å². The molecule has 4 nitrogen and oxygen atoms in total. The highest BCUT2D eigenvalue weighted by Gasteiger charge is 2.20. The molecule has 1 atom stereocenters. The van der Waals surface area contributed by atoms with Crippen molar-refractivity contribution in [2.75, 3.05) is 0 Å². The summed E-state index contributed by atoms with van der Waals surface area (Å²) < 4.78 is 0. The lowest BCUT2D eigenvalue weighted by atomic mass is 10.0. The van der Waals surface area contributed by atoms with Crippen LogP contribution in [0.3, 0.4) is 0 Å². The number of hydrogen-bond donors (Lipinski definition) is 2. The van der Waals surface area contributed by atoms with Crippen molar-refractivity contribution in [1.82, 2.24) is 5.32 Å². The first-order valence-corrected chi connectivity index (χ1v) is 6.84. The molecule has 2 aromatic carbocycles. The van der Waals surface area contributed by atoms with Crippen molar-refractivity contribution >= 4 is 23.4 Å². The van der Waals surface area contributed by atoms with Gasteiger partial charge in [0.25, 0.3) is 5.91 Å². The summed E-state index contributed by atoms with van der Waals surface area (Å²) >= 11 is 5.97. The number of primary amides is 1. The van der Waals surface area contributed by atoms with E-state index in [4.69, 9.17) is 17.3 Å². The van der Waals surface area contributed by atoms with Crippen LogP contribution in [-0.2, 0) is 11.2 Å². The Balaban J connectivity index is 2.12. The molecular formula is C16H15ClN2O2. The number of carbonyl (C=O) groups is 2. The van der Waals surface area contributed by atoms with E-state index in [1.165, 1.54) is 0 Å². The average Bonchev–Trinajstić information content (AvgIpc) is 2.48. The fraction of sp³-hybridized carbons (Fsp3) is 0.125. The first-order valence-electron chi connectivity index (χ1n) is 6.46. The Labute approximate surface area is 127 Å². The van der Waals surface area contributed by atoms with Gasteiger partial charge in [0.15, 0.2) is 0 Å². The first kappa shape index (κ1) is 15.1. The molecule has 0 aromatic heterocycles. The average molecular weight is 303 g/mol. The second-order valence-corrected chi connectivity index (χ2v) is 5.01. The largest absolute Gasteiger partial charge is 0.368 e. The molecule has 0 spiro atoms. The van der Waals surface area contributed by atoms with Crippen molar-refractivity contribution in [3.63, 3.8) is 0 Å². The van der Waals surface area contributed by atoms with E-state index in [0.717, 1.165) is 5.56 Å². The van der Waals surface area contributed by atoms with Crippen LogP contribution in [0.1, 0.15) is 15.9 Å². The predicted molar refractivity (Wildman–Crippen MR) is 82.0 cm³/mol. The van der Waals surface area contributed by atoms with Crippen LogP contribution >= 0.6 is 11.6 Å². The van der Waals surface area contributed by atoms with Gasteiger partial charge in [-0.3, -0.25) is 9.59 Å². The third kappa shape index (κ3) is 4.07. The zero-order chi connectivity index (χ0) is 15.2. The monoisotopic (exact) mass is 302 g/mol. The van der Waals surface area contributed by atoms with E-state index in [9.17, 15) is 9.59 Å². The third-order valence-electron chi connectivity index (χ3n) is 3.05. The lowest BCUT2D eigenvalue weighted by molar-refractivity contribution is -0.119. The second-order valence-electron chi connectivity index (χ2n) is 4.60. The maximum atomic E-state index is 12.2. The summed E-state index contributed by atoms with van der Waals surface area (Å²) in [6.07, 6.45) is 0.340. The summed E-state index contributed by atoms with van der Waals surface area (Å²) in [5.41, 5.74) is 6.60. The van der Waals surface area contributed by atoms with Crippen LogP contribution in [0.4, 0.5) is 0 Å². The molecule has 0 saturated carbocycles. The SMILES string of the molecule is NC(=O)[C@@H](Cc1ccccc1)NC(=O)c1ccccc1Cl. The minimum absolute atomic E-state index is 0.318. The third-order valence-corrected chi connectivity index (χ3v) is 3.38. The lowest BCUT2D eigenvalue weighted by Gasteiger charge is -2.16. The maximum Gasteiger partial charge on any atom is 0.253 e. The van der Waals surface area contributed by atoms with Crippen LogP contribution in [-0.4, -0.2) is 17.9 Å². The van der Waals surface area contributed by atoms with Gasteiger partial charge in [0.05, 0.1) is 10.6 Å². The number of carbonyl (C=O) groups excluding carboxylic acids is 2. The highest BCUT2D eigenvalue weighted by molar-refractivity contribution is 6.33. The minimum Gasteiger partial charge on any atom is -0.368 e. The highest BCUT2D eigenvalue weighted by atomic mass is 35.5. The molecule has 0 aliphatic rings. The smallest absolute Gasteiger partial charge is 0.253 e. The van der Waals surface area contributed by atoms with E-state index >= 15 is 0 Å². The van der Waals surface area contributed by atoms with Crippen LogP contribution in [0.15, 0.2) is 54.6 Å². The van der Waals surface area contributed by atoms with Crippen molar-refractivity contribution in [3.8, 4) is 0 Å². The molecule has 2 aromatic rings. The minimum atomic E-state index is -0.781. The van der Waals surface area contributed by atoms with Gasteiger partial charge in [-0.25, -0.2) is 0 Å². The molecule has 3 N–H and O–H groups in total. The van der Waals surface area contributed by atoms with Crippen molar-refractivity contribution in [1.29, 1.82) is 0 Å². The topological polar surface area (TPSA) is 72.2 Å². The summed E-state index contributed by atoms with van der Waals surface area (Å²) in [5, 5.41) is 2.96. The number of amides is 2. The molecular weight excluding hydrogens is 288 g/mol. The fourth-order valence-corrected chi connectivity index (χ4v) is 2.18. The van der Waals surface area contributed by atoms with Gasteiger partial charge >= 0.3 is 0 Å². The predicted octanol–water partition coefficient (Wildman–Crippen LogP) is 2.17. The Hall–Kier alpha value is -2.33. The highest BCUT2D eigenvalue weighted by Crippen LogP contribution is 2.15. The molecule has 0 aliphatic heterocycles. The van der Waals surface area contributed by atoms with Crippen molar-refractivity contribution in [2.24, 2.45) is 5.73 Å². The summed E-state index contributed by atoms with van der Waals surface area (Å²) in [6.45, 7) is 0. The number of halogens is 1. The fourth-order valence-electron chi connectivity index (χ4n) is 1.95. The Morgan fingerprint density at radius 3 is 2.29 bits per heavy atom. The number of nitrogens with one attached hydrogen (secondary N) is 1. The van der Waals surface area contributed by atoms with Gasteiger partial charge in [-0.2, -0.15) is 0 Å².